The molecule has 150 valence electrons. The number of aliphatic hydroxyl groups is 1. The average Bonchev–Trinajstić information content (AvgIpc) is 2.74. The van der Waals surface area contributed by atoms with E-state index in [4.69, 9.17) is 11.6 Å². The number of piperidine rings is 1. The molecule has 5 heteroatoms. The van der Waals surface area contributed by atoms with E-state index in [9.17, 15) is 9.90 Å². The minimum atomic E-state index is -0.424. The van der Waals surface area contributed by atoms with E-state index in [1.807, 2.05) is 68.6 Å². The molecule has 0 bridgehead atoms. The fourth-order valence-corrected chi connectivity index (χ4v) is 3.96. The first kappa shape index (κ1) is 20.8. The van der Waals surface area contributed by atoms with Gasteiger partial charge in [0.2, 0.25) is 5.91 Å². The molecule has 0 spiro atoms. The summed E-state index contributed by atoms with van der Waals surface area (Å²) < 4.78 is 0. The number of aliphatic hydroxyl groups excluding tert-OH is 1. The number of likely N-dealkylation sites (N-methyl/N-ethyl adjacent to an activating group) is 1. The molecule has 1 heterocycles. The lowest BCUT2D eigenvalue weighted by atomic mass is 9.87. The molecule has 2 aromatic rings. The van der Waals surface area contributed by atoms with E-state index in [0.29, 0.717) is 11.6 Å². The maximum Gasteiger partial charge on any atom is 0.236 e. The summed E-state index contributed by atoms with van der Waals surface area (Å²) in [5.74, 6) is 0.365. The Balaban J connectivity index is 1.49. The zero-order valence-electron chi connectivity index (χ0n) is 16.6. The minimum absolute atomic E-state index is 0.00204. The molecule has 28 heavy (non-hydrogen) atoms. The van der Waals surface area contributed by atoms with Gasteiger partial charge in [0.1, 0.15) is 0 Å². The molecule has 0 radical (unpaired) electrons. The molecule has 1 aliphatic heterocycles. The van der Waals surface area contributed by atoms with Gasteiger partial charge in [0.05, 0.1) is 18.7 Å². The van der Waals surface area contributed by atoms with Gasteiger partial charge in [0, 0.05) is 12.1 Å². The highest BCUT2D eigenvalue weighted by atomic mass is 35.5. The molecule has 2 atom stereocenters. The van der Waals surface area contributed by atoms with Crippen LogP contribution in [0.3, 0.4) is 0 Å². The van der Waals surface area contributed by atoms with Gasteiger partial charge in [-0.3, -0.25) is 9.69 Å². The Morgan fingerprint density at radius 2 is 1.71 bits per heavy atom. The number of amides is 1. The molecule has 2 aromatic carbocycles. The molecule has 1 saturated heterocycles. The summed E-state index contributed by atoms with van der Waals surface area (Å²) in [6.45, 7) is 4.12. The standard InChI is InChI=1S/C23H29ClN2O2/c1-17(18-8-10-21(24)11-9-18)25(2)22(27)16-26-14-12-20(13-15-26)23(28)19-6-4-3-5-7-19/h3-11,17,20,23,28H,12-16H2,1-2H3. The summed E-state index contributed by atoms with van der Waals surface area (Å²) in [7, 11) is 1.85. The van der Waals surface area contributed by atoms with Crippen molar-refractivity contribution in [3.05, 3.63) is 70.7 Å². The smallest absolute Gasteiger partial charge is 0.236 e. The molecule has 2 unspecified atom stereocenters. The predicted molar refractivity (Wildman–Crippen MR) is 113 cm³/mol. The number of nitrogens with zero attached hydrogens (tertiary/aromatic N) is 2. The van der Waals surface area contributed by atoms with Crippen molar-refractivity contribution >= 4 is 17.5 Å². The van der Waals surface area contributed by atoms with Crippen LogP contribution in [-0.2, 0) is 4.79 Å². The number of rotatable bonds is 6. The Hall–Kier alpha value is -1.88. The van der Waals surface area contributed by atoms with Gasteiger partial charge >= 0.3 is 0 Å². The monoisotopic (exact) mass is 400 g/mol. The average molecular weight is 401 g/mol. The molecule has 4 nitrogen and oxygen atoms in total. The van der Waals surface area contributed by atoms with Crippen molar-refractivity contribution in [1.82, 2.24) is 9.80 Å². The molecular formula is C23H29ClN2O2. The first-order chi connectivity index (χ1) is 13.5. The lowest BCUT2D eigenvalue weighted by Gasteiger charge is -2.35. The molecular weight excluding hydrogens is 372 g/mol. The quantitative estimate of drug-likeness (QED) is 0.785. The van der Waals surface area contributed by atoms with Crippen LogP contribution in [0.15, 0.2) is 54.6 Å². The second-order valence-corrected chi connectivity index (χ2v) is 8.14. The summed E-state index contributed by atoms with van der Waals surface area (Å²) in [6.07, 6.45) is 1.38. The molecule has 0 aliphatic carbocycles. The summed E-state index contributed by atoms with van der Waals surface area (Å²) in [6, 6.07) is 17.5. The van der Waals surface area contributed by atoms with Crippen LogP contribution in [0.4, 0.5) is 0 Å². The molecule has 1 fully saturated rings. The van der Waals surface area contributed by atoms with Crippen LogP contribution < -0.4 is 0 Å². The topological polar surface area (TPSA) is 43.8 Å². The number of likely N-dealkylation sites (tertiary alicyclic amines) is 1. The lowest BCUT2D eigenvalue weighted by molar-refractivity contribution is -0.133. The number of halogens is 1. The van der Waals surface area contributed by atoms with Crippen LogP contribution in [0, 0.1) is 5.92 Å². The van der Waals surface area contributed by atoms with E-state index >= 15 is 0 Å². The third kappa shape index (κ3) is 5.13. The summed E-state index contributed by atoms with van der Waals surface area (Å²) in [5, 5.41) is 11.3. The van der Waals surface area contributed by atoms with Gasteiger partial charge in [-0.25, -0.2) is 0 Å². The van der Waals surface area contributed by atoms with E-state index in [0.717, 1.165) is 37.1 Å². The Morgan fingerprint density at radius 1 is 1.11 bits per heavy atom. The van der Waals surface area contributed by atoms with E-state index in [-0.39, 0.29) is 17.9 Å². The Kier molecular flexibility index (Phi) is 7.11. The van der Waals surface area contributed by atoms with Crippen molar-refractivity contribution in [2.75, 3.05) is 26.7 Å². The highest BCUT2D eigenvalue weighted by Gasteiger charge is 2.28. The number of carbonyl (C=O) groups excluding carboxylic acids is 1. The van der Waals surface area contributed by atoms with E-state index in [1.165, 1.54) is 0 Å². The molecule has 0 aromatic heterocycles. The van der Waals surface area contributed by atoms with Gasteiger partial charge in [-0.1, -0.05) is 54.1 Å². The lowest BCUT2D eigenvalue weighted by Crippen LogP contribution is -2.43. The molecule has 0 saturated carbocycles. The van der Waals surface area contributed by atoms with Crippen molar-refractivity contribution < 1.29 is 9.90 Å². The van der Waals surface area contributed by atoms with Crippen LogP contribution in [0.2, 0.25) is 5.02 Å². The summed E-state index contributed by atoms with van der Waals surface area (Å²) in [4.78, 5) is 16.7. The third-order valence-electron chi connectivity index (χ3n) is 5.91. The van der Waals surface area contributed by atoms with Crippen LogP contribution in [0.5, 0.6) is 0 Å². The largest absolute Gasteiger partial charge is 0.388 e. The Morgan fingerprint density at radius 3 is 2.32 bits per heavy atom. The van der Waals surface area contributed by atoms with Crippen LogP contribution >= 0.6 is 11.6 Å². The fourth-order valence-electron chi connectivity index (χ4n) is 3.83. The van der Waals surface area contributed by atoms with E-state index in [2.05, 4.69) is 4.90 Å². The summed E-state index contributed by atoms with van der Waals surface area (Å²) >= 11 is 5.96. The Bertz CT molecular complexity index is 758. The van der Waals surface area contributed by atoms with Crippen LogP contribution in [0.1, 0.15) is 43.0 Å². The van der Waals surface area contributed by atoms with Crippen molar-refractivity contribution in [3.63, 3.8) is 0 Å². The van der Waals surface area contributed by atoms with Gasteiger partial charge in [0.15, 0.2) is 0 Å². The first-order valence-electron chi connectivity index (χ1n) is 9.92. The molecule has 1 aliphatic rings. The van der Waals surface area contributed by atoms with Gasteiger partial charge in [-0.05, 0) is 62.0 Å². The van der Waals surface area contributed by atoms with E-state index in [1.54, 1.807) is 4.90 Å². The maximum atomic E-state index is 12.7. The Labute approximate surface area is 172 Å². The number of hydrogen-bond donors (Lipinski definition) is 1. The molecule has 3 rings (SSSR count). The zero-order valence-corrected chi connectivity index (χ0v) is 17.3. The number of hydrogen-bond acceptors (Lipinski definition) is 3. The van der Waals surface area contributed by atoms with Crippen LogP contribution in [0.25, 0.3) is 0 Å². The van der Waals surface area contributed by atoms with E-state index < -0.39 is 6.10 Å². The second-order valence-electron chi connectivity index (χ2n) is 7.70. The maximum absolute atomic E-state index is 12.7. The van der Waals surface area contributed by atoms with Crippen molar-refractivity contribution in [1.29, 1.82) is 0 Å². The minimum Gasteiger partial charge on any atom is -0.388 e. The number of carbonyl (C=O) groups is 1. The SMILES string of the molecule is CC(c1ccc(Cl)cc1)N(C)C(=O)CN1CCC(C(O)c2ccccc2)CC1. The fraction of sp³-hybridized carbons (Fsp3) is 0.435. The molecule has 1 amide bonds. The molecule has 1 N–H and O–H groups in total. The zero-order chi connectivity index (χ0) is 20.1. The van der Waals surface area contributed by atoms with Gasteiger partial charge in [-0.15, -0.1) is 0 Å². The van der Waals surface area contributed by atoms with Gasteiger partial charge < -0.3 is 10.0 Å². The second kappa shape index (κ2) is 9.55. The van der Waals surface area contributed by atoms with Crippen molar-refractivity contribution in [3.8, 4) is 0 Å². The van der Waals surface area contributed by atoms with Crippen LogP contribution in [-0.4, -0.2) is 47.5 Å². The third-order valence-corrected chi connectivity index (χ3v) is 6.16. The van der Waals surface area contributed by atoms with Crippen molar-refractivity contribution in [2.45, 2.75) is 31.9 Å². The van der Waals surface area contributed by atoms with Gasteiger partial charge in [-0.2, -0.15) is 0 Å². The summed E-state index contributed by atoms with van der Waals surface area (Å²) in [5.41, 5.74) is 2.05. The highest BCUT2D eigenvalue weighted by molar-refractivity contribution is 6.30. The number of benzene rings is 2. The van der Waals surface area contributed by atoms with Gasteiger partial charge in [0.25, 0.3) is 0 Å². The highest BCUT2D eigenvalue weighted by Crippen LogP contribution is 2.30. The predicted octanol–water partition coefficient (Wildman–Crippen LogP) is 4.31. The van der Waals surface area contributed by atoms with Crippen molar-refractivity contribution in [2.24, 2.45) is 5.92 Å². The normalized spacial score (nSPS) is 17.9. The first-order valence-corrected chi connectivity index (χ1v) is 10.3.